The second-order valence-electron chi connectivity index (χ2n) is 8.91. The van der Waals surface area contributed by atoms with E-state index in [1.165, 1.54) is 6.07 Å². The highest BCUT2D eigenvalue weighted by Gasteiger charge is 2.38. The van der Waals surface area contributed by atoms with Gasteiger partial charge in [-0.25, -0.2) is 8.78 Å². The van der Waals surface area contributed by atoms with Gasteiger partial charge in [0.25, 0.3) is 0 Å². The molecule has 2 aliphatic heterocycles. The van der Waals surface area contributed by atoms with E-state index in [0.29, 0.717) is 24.4 Å². The molecule has 1 amide bonds. The smallest absolute Gasteiger partial charge is 0.222 e. The number of β-amino-alcohol motifs (C(OH)–C–C–N with tert-alkyl or cyclic N) is 1. The van der Waals surface area contributed by atoms with Gasteiger partial charge in [-0.3, -0.25) is 9.69 Å². The number of aliphatic hydroxyl groups is 1. The summed E-state index contributed by atoms with van der Waals surface area (Å²) in [6, 6.07) is 10.5. The van der Waals surface area contributed by atoms with E-state index in [-0.39, 0.29) is 62.4 Å². The molecule has 4 rings (SSSR count). The standard InChI is InChI=1S/C25H29ClF2N2O4/c26-18-3-1-16(2-4-18)11-29-25(32)10-21-6-8-23-24(34-21)15-33-14-20(31)13-30(23)12-17-9-19(27)5-7-22(17)28/h1-5,7,9,20-21,23-24,31H,6,8,10-15H2,(H,29,32)/t20-,21+,23-,24+/m0/s1. The molecule has 2 heterocycles. The third-order valence-electron chi connectivity index (χ3n) is 6.28. The van der Waals surface area contributed by atoms with Gasteiger partial charge in [0, 0.05) is 36.3 Å². The van der Waals surface area contributed by atoms with Gasteiger partial charge in [-0.15, -0.1) is 0 Å². The molecule has 2 aliphatic rings. The SMILES string of the molecule is O=C(C[C@H]1CC[C@H]2[C@@H](COC[C@@H](O)CN2Cc2cc(F)ccc2F)O1)NCc1ccc(Cl)cc1. The first-order valence-electron chi connectivity index (χ1n) is 11.5. The zero-order valence-electron chi connectivity index (χ0n) is 18.8. The van der Waals surface area contributed by atoms with Crippen LogP contribution in [-0.4, -0.2) is 60.0 Å². The molecule has 9 heteroatoms. The Labute approximate surface area is 202 Å². The maximum atomic E-state index is 14.3. The molecule has 0 spiro atoms. The van der Waals surface area contributed by atoms with E-state index in [4.69, 9.17) is 21.1 Å². The normalized spacial score (nSPS) is 25.8. The first kappa shape index (κ1) is 25.0. The van der Waals surface area contributed by atoms with E-state index in [1.54, 1.807) is 12.1 Å². The molecule has 34 heavy (non-hydrogen) atoms. The Morgan fingerprint density at radius 1 is 1.15 bits per heavy atom. The number of amides is 1. The van der Waals surface area contributed by atoms with Gasteiger partial charge in [0.1, 0.15) is 11.6 Å². The molecule has 2 aromatic carbocycles. The summed E-state index contributed by atoms with van der Waals surface area (Å²) in [4.78, 5) is 14.4. The summed E-state index contributed by atoms with van der Waals surface area (Å²) in [6.45, 7) is 1.20. The van der Waals surface area contributed by atoms with Crippen LogP contribution in [0.2, 0.25) is 5.02 Å². The number of halogens is 3. The van der Waals surface area contributed by atoms with Crippen LogP contribution in [0.15, 0.2) is 42.5 Å². The maximum Gasteiger partial charge on any atom is 0.222 e. The molecule has 0 unspecified atom stereocenters. The average molecular weight is 495 g/mol. The van der Waals surface area contributed by atoms with Crippen LogP contribution in [0.5, 0.6) is 0 Å². The minimum absolute atomic E-state index is 0.112. The number of nitrogens with zero attached hydrogens (tertiary/aromatic N) is 1. The molecule has 4 atom stereocenters. The predicted molar refractivity (Wildman–Crippen MR) is 123 cm³/mol. The van der Waals surface area contributed by atoms with Gasteiger partial charge in [-0.05, 0) is 48.7 Å². The molecule has 0 radical (unpaired) electrons. The van der Waals surface area contributed by atoms with E-state index >= 15 is 0 Å². The largest absolute Gasteiger partial charge is 0.389 e. The number of carbonyl (C=O) groups excluding carboxylic acids is 1. The summed E-state index contributed by atoms with van der Waals surface area (Å²) in [5, 5.41) is 13.8. The minimum atomic E-state index is -0.742. The number of rotatable bonds is 6. The Bertz CT molecular complexity index is 978. The molecule has 2 fully saturated rings. The summed E-state index contributed by atoms with van der Waals surface area (Å²) in [5.74, 6) is -1.11. The molecule has 2 N–H and O–H groups in total. The lowest BCUT2D eigenvalue weighted by Crippen LogP contribution is -2.55. The number of fused-ring (bicyclic) bond motifs is 1. The van der Waals surface area contributed by atoms with E-state index in [0.717, 1.165) is 17.7 Å². The summed E-state index contributed by atoms with van der Waals surface area (Å²) in [6.07, 6.45) is 0.187. The first-order chi connectivity index (χ1) is 16.4. The fourth-order valence-electron chi connectivity index (χ4n) is 4.59. The third kappa shape index (κ3) is 6.73. The van der Waals surface area contributed by atoms with Gasteiger partial charge in [-0.2, -0.15) is 0 Å². The Balaban J connectivity index is 1.36. The summed E-state index contributed by atoms with van der Waals surface area (Å²) < 4.78 is 39.8. The summed E-state index contributed by atoms with van der Waals surface area (Å²) in [7, 11) is 0. The maximum absolute atomic E-state index is 14.3. The fourth-order valence-corrected chi connectivity index (χ4v) is 4.72. The molecule has 0 aliphatic carbocycles. The van der Waals surface area contributed by atoms with Crippen LogP contribution in [-0.2, 0) is 27.4 Å². The molecule has 0 bridgehead atoms. The topological polar surface area (TPSA) is 71.0 Å². The molecular formula is C25H29ClF2N2O4. The molecule has 2 aromatic rings. The van der Waals surface area contributed by atoms with Gasteiger partial charge in [0.05, 0.1) is 37.9 Å². The third-order valence-corrected chi connectivity index (χ3v) is 6.54. The van der Waals surface area contributed by atoms with Crippen LogP contribution < -0.4 is 5.32 Å². The van der Waals surface area contributed by atoms with Gasteiger partial charge in [-0.1, -0.05) is 23.7 Å². The van der Waals surface area contributed by atoms with Crippen molar-refractivity contribution in [3.63, 3.8) is 0 Å². The van der Waals surface area contributed by atoms with Crippen molar-refractivity contribution in [3.05, 3.63) is 70.2 Å². The van der Waals surface area contributed by atoms with E-state index in [1.807, 2.05) is 17.0 Å². The molecular weight excluding hydrogens is 466 g/mol. The quantitative estimate of drug-likeness (QED) is 0.644. The number of benzene rings is 2. The van der Waals surface area contributed by atoms with Crippen LogP contribution in [0, 0.1) is 11.6 Å². The van der Waals surface area contributed by atoms with Crippen LogP contribution in [0.25, 0.3) is 0 Å². The van der Waals surface area contributed by atoms with Crippen molar-refractivity contribution in [2.75, 3.05) is 19.8 Å². The molecule has 0 aromatic heterocycles. The zero-order valence-corrected chi connectivity index (χ0v) is 19.5. The minimum Gasteiger partial charge on any atom is -0.389 e. The molecule has 184 valence electrons. The van der Waals surface area contributed by atoms with Crippen molar-refractivity contribution in [1.29, 1.82) is 0 Å². The van der Waals surface area contributed by atoms with Gasteiger partial charge in [0.2, 0.25) is 5.91 Å². The van der Waals surface area contributed by atoms with Crippen LogP contribution in [0.4, 0.5) is 8.78 Å². The summed E-state index contributed by atoms with van der Waals surface area (Å²) >= 11 is 5.89. The Kier molecular flexibility index (Phi) is 8.50. The predicted octanol–water partition coefficient (Wildman–Crippen LogP) is 3.43. The number of hydrogen-bond acceptors (Lipinski definition) is 5. The second kappa shape index (κ2) is 11.6. The van der Waals surface area contributed by atoms with Crippen molar-refractivity contribution in [2.24, 2.45) is 0 Å². The van der Waals surface area contributed by atoms with Crippen LogP contribution in [0.3, 0.4) is 0 Å². The van der Waals surface area contributed by atoms with Crippen LogP contribution in [0.1, 0.15) is 30.4 Å². The van der Waals surface area contributed by atoms with Gasteiger partial charge >= 0.3 is 0 Å². The average Bonchev–Trinajstić information content (AvgIpc) is 2.80. The molecule has 6 nitrogen and oxygen atoms in total. The monoisotopic (exact) mass is 494 g/mol. The molecule has 2 saturated heterocycles. The lowest BCUT2D eigenvalue weighted by molar-refractivity contribution is -0.158. The number of carbonyl (C=O) groups is 1. The molecule has 0 saturated carbocycles. The second-order valence-corrected chi connectivity index (χ2v) is 9.34. The van der Waals surface area contributed by atoms with Crippen molar-refractivity contribution in [2.45, 2.75) is 56.7 Å². The van der Waals surface area contributed by atoms with Crippen molar-refractivity contribution in [1.82, 2.24) is 10.2 Å². The van der Waals surface area contributed by atoms with E-state index in [2.05, 4.69) is 5.32 Å². The Morgan fingerprint density at radius 2 is 1.94 bits per heavy atom. The lowest BCUT2D eigenvalue weighted by Gasteiger charge is -2.44. The van der Waals surface area contributed by atoms with Gasteiger partial charge < -0.3 is 19.9 Å². The fraction of sp³-hybridized carbons (Fsp3) is 0.480. The first-order valence-corrected chi connectivity index (χ1v) is 11.9. The van der Waals surface area contributed by atoms with Gasteiger partial charge in [0.15, 0.2) is 0 Å². The number of hydrogen-bond donors (Lipinski definition) is 2. The van der Waals surface area contributed by atoms with E-state index in [9.17, 15) is 18.7 Å². The van der Waals surface area contributed by atoms with Crippen molar-refractivity contribution >= 4 is 17.5 Å². The number of ether oxygens (including phenoxy) is 2. The Morgan fingerprint density at radius 3 is 2.74 bits per heavy atom. The van der Waals surface area contributed by atoms with Crippen molar-refractivity contribution in [3.8, 4) is 0 Å². The lowest BCUT2D eigenvalue weighted by atomic mass is 9.94. The number of nitrogens with one attached hydrogen (secondary N) is 1. The van der Waals surface area contributed by atoms with Crippen LogP contribution >= 0.6 is 11.6 Å². The highest BCUT2D eigenvalue weighted by Crippen LogP contribution is 2.29. The number of aliphatic hydroxyl groups excluding tert-OH is 1. The van der Waals surface area contributed by atoms with E-state index < -0.39 is 17.7 Å². The highest BCUT2D eigenvalue weighted by molar-refractivity contribution is 6.30. The van der Waals surface area contributed by atoms with Crippen molar-refractivity contribution < 1.29 is 28.2 Å². The highest BCUT2D eigenvalue weighted by atomic mass is 35.5. The zero-order chi connectivity index (χ0) is 24.1. The summed E-state index contributed by atoms with van der Waals surface area (Å²) in [5.41, 5.74) is 1.19. The Hall–Kier alpha value is -2.10.